The summed E-state index contributed by atoms with van der Waals surface area (Å²) in [5.74, 6) is -0.0878. The highest BCUT2D eigenvalue weighted by Gasteiger charge is 2.35. The third-order valence-electron chi connectivity index (χ3n) is 3.42. The highest BCUT2D eigenvalue weighted by molar-refractivity contribution is 5.72. The minimum Gasteiger partial charge on any atom is -0.463 e. The quantitative estimate of drug-likeness (QED) is 0.779. The number of benzene rings is 1. The van der Waals surface area contributed by atoms with Crippen LogP contribution in [0.3, 0.4) is 0 Å². The van der Waals surface area contributed by atoms with Crippen LogP contribution in [0.25, 0.3) is 0 Å². The van der Waals surface area contributed by atoms with Crippen molar-refractivity contribution >= 4 is 5.97 Å². The number of hydrogen-bond acceptors (Lipinski definition) is 4. The van der Waals surface area contributed by atoms with Crippen molar-refractivity contribution in [3.8, 4) is 6.07 Å². The van der Waals surface area contributed by atoms with Gasteiger partial charge in [0.15, 0.2) is 0 Å². The zero-order valence-corrected chi connectivity index (χ0v) is 11.2. The molecule has 1 saturated heterocycles. The summed E-state index contributed by atoms with van der Waals surface area (Å²) in [6.45, 7) is 4.48. The Morgan fingerprint density at radius 2 is 2.05 bits per heavy atom. The van der Waals surface area contributed by atoms with Gasteiger partial charge in [-0.15, -0.1) is 0 Å². The molecule has 0 saturated carbocycles. The van der Waals surface area contributed by atoms with Crippen LogP contribution in [0.5, 0.6) is 0 Å². The molecule has 1 aromatic carbocycles. The normalized spacial score (nSPS) is 21.8. The van der Waals surface area contributed by atoms with E-state index in [0.29, 0.717) is 6.61 Å². The first-order valence-electron chi connectivity index (χ1n) is 6.49. The Hall–Kier alpha value is -1.86. The standard InChI is InChI=1S/C15H18N2O2/c1-11(2)13(8-16)17-9-15(18)19-10-14(17)12-6-4-3-5-7-12/h3-7,11,13-14H,9-10H2,1-2H3/t13-,14+/m0/s1. The number of ether oxygens (including phenoxy) is 1. The summed E-state index contributed by atoms with van der Waals surface area (Å²) in [6, 6.07) is 11.9. The average molecular weight is 258 g/mol. The van der Waals surface area contributed by atoms with E-state index in [2.05, 4.69) is 6.07 Å². The Morgan fingerprint density at radius 1 is 1.37 bits per heavy atom. The van der Waals surface area contributed by atoms with Crippen LogP contribution in [-0.4, -0.2) is 30.1 Å². The molecule has 0 unspecified atom stereocenters. The average Bonchev–Trinajstić information content (AvgIpc) is 2.40. The van der Waals surface area contributed by atoms with Gasteiger partial charge in [0, 0.05) is 0 Å². The van der Waals surface area contributed by atoms with Gasteiger partial charge in [0.25, 0.3) is 0 Å². The van der Waals surface area contributed by atoms with Crippen molar-refractivity contribution in [1.82, 2.24) is 4.90 Å². The Kier molecular flexibility index (Phi) is 4.18. The number of cyclic esters (lactones) is 1. The van der Waals surface area contributed by atoms with Crippen LogP contribution in [0.15, 0.2) is 30.3 Å². The smallest absolute Gasteiger partial charge is 0.320 e. The lowest BCUT2D eigenvalue weighted by atomic mass is 9.97. The third kappa shape index (κ3) is 2.94. The maximum Gasteiger partial charge on any atom is 0.320 e. The zero-order valence-electron chi connectivity index (χ0n) is 11.2. The lowest BCUT2D eigenvalue weighted by Crippen LogP contribution is -2.49. The van der Waals surface area contributed by atoms with Crippen LogP contribution >= 0.6 is 0 Å². The van der Waals surface area contributed by atoms with E-state index in [-0.39, 0.29) is 30.5 Å². The molecule has 0 spiro atoms. The van der Waals surface area contributed by atoms with Crippen molar-refractivity contribution in [1.29, 1.82) is 5.26 Å². The van der Waals surface area contributed by atoms with Gasteiger partial charge < -0.3 is 4.74 Å². The first-order chi connectivity index (χ1) is 9.13. The molecule has 1 aliphatic rings. The predicted molar refractivity (Wildman–Crippen MR) is 71.1 cm³/mol. The van der Waals surface area contributed by atoms with Crippen LogP contribution in [0.2, 0.25) is 0 Å². The van der Waals surface area contributed by atoms with Gasteiger partial charge in [0.05, 0.1) is 18.7 Å². The summed E-state index contributed by atoms with van der Waals surface area (Å²) >= 11 is 0. The minimum atomic E-state index is -0.280. The van der Waals surface area contributed by atoms with Gasteiger partial charge >= 0.3 is 5.97 Å². The van der Waals surface area contributed by atoms with Crippen molar-refractivity contribution in [2.45, 2.75) is 25.9 Å². The Balaban J connectivity index is 2.30. The van der Waals surface area contributed by atoms with Gasteiger partial charge in [0.1, 0.15) is 12.6 Å². The lowest BCUT2D eigenvalue weighted by molar-refractivity contribution is -0.156. The first kappa shape index (κ1) is 13.6. The first-order valence-corrected chi connectivity index (χ1v) is 6.49. The van der Waals surface area contributed by atoms with Gasteiger partial charge in [-0.3, -0.25) is 9.69 Å². The van der Waals surface area contributed by atoms with E-state index in [1.165, 1.54) is 0 Å². The molecule has 0 aliphatic carbocycles. The second-order valence-electron chi connectivity index (χ2n) is 5.10. The minimum absolute atomic E-state index is 0.0362. The molecule has 0 radical (unpaired) electrons. The third-order valence-corrected chi connectivity index (χ3v) is 3.42. The van der Waals surface area contributed by atoms with Crippen molar-refractivity contribution in [2.75, 3.05) is 13.2 Å². The Morgan fingerprint density at radius 3 is 2.63 bits per heavy atom. The SMILES string of the molecule is CC(C)[C@H](C#N)N1CC(=O)OC[C@@H]1c1ccccc1. The summed E-state index contributed by atoms with van der Waals surface area (Å²) in [5.41, 5.74) is 1.08. The number of hydrogen-bond donors (Lipinski definition) is 0. The fourth-order valence-corrected chi connectivity index (χ4v) is 2.43. The molecule has 1 heterocycles. The molecule has 2 atom stereocenters. The zero-order chi connectivity index (χ0) is 13.8. The van der Waals surface area contributed by atoms with E-state index in [1.54, 1.807) is 0 Å². The van der Waals surface area contributed by atoms with Gasteiger partial charge in [-0.25, -0.2) is 0 Å². The number of morpholine rings is 1. The molecule has 1 aliphatic heterocycles. The fraction of sp³-hybridized carbons (Fsp3) is 0.467. The highest BCUT2D eigenvalue weighted by Crippen LogP contribution is 2.28. The summed E-state index contributed by atoms with van der Waals surface area (Å²) in [5, 5.41) is 9.36. The monoisotopic (exact) mass is 258 g/mol. The molecule has 1 fully saturated rings. The van der Waals surface area contributed by atoms with E-state index in [1.807, 2.05) is 49.1 Å². The summed E-state index contributed by atoms with van der Waals surface area (Å²) < 4.78 is 5.16. The van der Waals surface area contributed by atoms with Gasteiger partial charge in [-0.1, -0.05) is 44.2 Å². The molecule has 19 heavy (non-hydrogen) atoms. The van der Waals surface area contributed by atoms with Crippen LogP contribution in [-0.2, 0) is 9.53 Å². The number of nitrogens with zero attached hydrogens (tertiary/aromatic N) is 2. The van der Waals surface area contributed by atoms with Crippen LogP contribution < -0.4 is 0 Å². The molecule has 2 rings (SSSR count). The van der Waals surface area contributed by atoms with Crippen molar-refractivity contribution in [3.05, 3.63) is 35.9 Å². The van der Waals surface area contributed by atoms with Crippen LogP contribution in [0.1, 0.15) is 25.5 Å². The Labute approximate surface area is 113 Å². The second kappa shape index (κ2) is 5.85. The van der Waals surface area contributed by atoms with Crippen LogP contribution in [0.4, 0.5) is 0 Å². The van der Waals surface area contributed by atoms with E-state index < -0.39 is 0 Å². The molecule has 0 bridgehead atoms. The Bertz CT molecular complexity index is 479. The topological polar surface area (TPSA) is 53.3 Å². The van der Waals surface area contributed by atoms with E-state index in [4.69, 9.17) is 4.74 Å². The molecular weight excluding hydrogens is 240 g/mol. The molecule has 0 amide bonds. The van der Waals surface area contributed by atoms with Gasteiger partial charge in [-0.05, 0) is 11.5 Å². The van der Waals surface area contributed by atoms with E-state index in [9.17, 15) is 10.1 Å². The number of carbonyl (C=O) groups excluding carboxylic acids is 1. The van der Waals surface area contributed by atoms with Gasteiger partial charge in [-0.2, -0.15) is 5.26 Å². The summed E-state index contributed by atoms with van der Waals surface area (Å²) in [4.78, 5) is 13.5. The predicted octanol–water partition coefficient (Wildman–Crippen LogP) is 2.13. The lowest BCUT2D eigenvalue weighted by Gasteiger charge is -2.38. The summed E-state index contributed by atoms with van der Waals surface area (Å²) in [7, 11) is 0. The highest BCUT2D eigenvalue weighted by atomic mass is 16.5. The van der Waals surface area contributed by atoms with Crippen molar-refractivity contribution < 1.29 is 9.53 Å². The van der Waals surface area contributed by atoms with Gasteiger partial charge in [0.2, 0.25) is 0 Å². The molecule has 1 aromatic rings. The van der Waals surface area contributed by atoms with E-state index in [0.717, 1.165) is 5.56 Å². The largest absolute Gasteiger partial charge is 0.463 e. The molecule has 0 N–H and O–H groups in total. The fourth-order valence-electron chi connectivity index (χ4n) is 2.43. The maximum absolute atomic E-state index is 11.5. The molecule has 0 aromatic heterocycles. The van der Waals surface area contributed by atoms with Crippen molar-refractivity contribution in [2.24, 2.45) is 5.92 Å². The second-order valence-corrected chi connectivity index (χ2v) is 5.10. The van der Waals surface area contributed by atoms with Crippen molar-refractivity contribution in [3.63, 3.8) is 0 Å². The van der Waals surface area contributed by atoms with Crippen LogP contribution in [0, 0.1) is 17.2 Å². The number of rotatable bonds is 3. The number of nitriles is 1. The van der Waals surface area contributed by atoms with E-state index >= 15 is 0 Å². The molecular formula is C15H18N2O2. The number of esters is 1. The maximum atomic E-state index is 11.5. The summed E-state index contributed by atoms with van der Waals surface area (Å²) in [6.07, 6.45) is 0. The molecule has 4 heteroatoms. The molecule has 100 valence electrons. The molecule has 4 nitrogen and oxygen atoms in total. The number of carbonyl (C=O) groups is 1.